The van der Waals surface area contributed by atoms with Crippen molar-refractivity contribution in [1.82, 2.24) is 14.6 Å². The van der Waals surface area contributed by atoms with E-state index in [9.17, 15) is 24.1 Å². The van der Waals surface area contributed by atoms with Crippen LogP contribution >= 0.6 is 7.75 Å². The number of aliphatic hydroxyl groups is 1. The lowest BCUT2D eigenvalue weighted by molar-refractivity contribution is -0.149. The number of carbonyl (C=O) groups excluding carboxylic acids is 1. The van der Waals surface area contributed by atoms with Crippen molar-refractivity contribution >= 4 is 13.7 Å². The maximum Gasteiger partial charge on any atom is 0.459 e. The molecule has 3 unspecified atom stereocenters. The number of aromatic nitrogens is 2. The largest absolute Gasteiger partial charge is 0.462 e. The molecule has 0 bridgehead atoms. The Morgan fingerprint density at radius 2 is 1.94 bits per heavy atom. The molecule has 198 valence electrons. The summed E-state index contributed by atoms with van der Waals surface area (Å²) >= 11 is 0. The summed E-state index contributed by atoms with van der Waals surface area (Å²) in [6.45, 7) is 5.07. The van der Waals surface area contributed by atoms with E-state index in [1.165, 1.54) is 19.1 Å². The molecule has 0 radical (unpaired) electrons. The van der Waals surface area contributed by atoms with Gasteiger partial charge in [0, 0.05) is 12.3 Å². The topological polar surface area (TPSA) is 158 Å². The number of hydrogen-bond donors (Lipinski definition) is 3. The van der Waals surface area contributed by atoms with Crippen molar-refractivity contribution in [3.05, 3.63) is 63.4 Å². The Morgan fingerprint density at radius 1 is 1.28 bits per heavy atom. The number of nitrogens with one attached hydrogen (secondary N) is 2. The Balaban J connectivity index is 1.80. The molecule has 1 saturated heterocycles. The van der Waals surface area contributed by atoms with E-state index in [0.29, 0.717) is 0 Å². The normalized spacial score (nSPS) is 26.4. The zero-order chi connectivity index (χ0) is 26.7. The first kappa shape index (κ1) is 27.8. The minimum Gasteiger partial charge on any atom is -0.462 e. The molecule has 2 aromatic rings. The summed E-state index contributed by atoms with van der Waals surface area (Å²) in [5.74, 6) is -0.560. The van der Waals surface area contributed by atoms with Crippen molar-refractivity contribution in [2.75, 3.05) is 6.61 Å². The molecule has 0 amide bonds. The predicted molar refractivity (Wildman–Crippen MR) is 125 cm³/mol. The highest BCUT2D eigenvalue weighted by atomic mass is 31.2. The molecule has 1 aliphatic rings. The van der Waals surface area contributed by atoms with Gasteiger partial charge in [-0.05, 0) is 39.8 Å². The monoisotopic (exact) mass is 529 g/mol. The quantitative estimate of drug-likeness (QED) is 0.305. The molecule has 12 nitrogen and oxygen atoms in total. The molecule has 1 aliphatic heterocycles. The third-order valence-electron chi connectivity index (χ3n) is 5.26. The van der Waals surface area contributed by atoms with Gasteiger partial charge in [0.25, 0.3) is 5.56 Å². The number of benzene rings is 1. The van der Waals surface area contributed by atoms with Gasteiger partial charge in [-0.15, -0.1) is 0 Å². The number of H-pyrrole nitrogens is 1. The summed E-state index contributed by atoms with van der Waals surface area (Å²) in [4.78, 5) is 37.7. The van der Waals surface area contributed by atoms with Crippen LogP contribution in [0, 0.1) is 0 Å². The molecule has 0 saturated carbocycles. The summed E-state index contributed by atoms with van der Waals surface area (Å²) in [5.41, 5.74) is -4.12. The Morgan fingerprint density at radius 3 is 2.56 bits per heavy atom. The maximum absolute atomic E-state index is 15.4. The van der Waals surface area contributed by atoms with Crippen LogP contribution < -0.4 is 20.9 Å². The maximum atomic E-state index is 15.4. The van der Waals surface area contributed by atoms with Crippen LogP contribution in [-0.4, -0.2) is 57.3 Å². The van der Waals surface area contributed by atoms with Crippen LogP contribution in [0.15, 0.2) is 52.2 Å². The highest BCUT2D eigenvalue weighted by Gasteiger charge is 2.55. The fourth-order valence-corrected chi connectivity index (χ4v) is 4.97. The molecular weight excluding hydrogens is 500 g/mol. The van der Waals surface area contributed by atoms with E-state index < -0.39 is 67.8 Å². The van der Waals surface area contributed by atoms with Crippen molar-refractivity contribution in [1.29, 1.82) is 0 Å². The standard InChI is InChI=1S/C22H29FN3O9P/c1-13(2)33-19(29)14(3)25-36(31,35-15-8-6-5-7-9-15)32-12-16-18(28)22(4,23)20(34-16)26-11-10-17(27)24-21(26)30/h5-11,13-14,16,18,20,28H,12H2,1-4H3,(H,25,31)(H,24,27,30)/t14-,16+,18?,20+,22?,36?/m0/s1. The zero-order valence-electron chi connectivity index (χ0n) is 20.1. The molecule has 3 N–H and O–H groups in total. The number of rotatable bonds is 10. The van der Waals surface area contributed by atoms with Crippen LogP contribution in [0.1, 0.15) is 33.9 Å². The summed E-state index contributed by atoms with van der Waals surface area (Å²) in [6, 6.07) is 7.86. The number of alkyl halides is 1. The lowest BCUT2D eigenvalue weighted by Gasteiger charge is -2.25. The first-order valence-corrected chi connectivity index (χ1v) is 12.7. The minimum atomic E-state index is -4.30. The average molecular weight is 529 g/mol. The van der Waals surface area contributed by atoms with Crippen molar-refractivity contribution < 1.29 is 37.4 Å². The van der Waals surface area contributed by atoms with E-state index in [2.05, 4.69) is 5.09 Å². The highest BCUT2D eigenvalue weighted by molar-refractivity contribution is 7.52. The van der Waals surface area contributed by atoms with Gasteiger partial charge in [-0.2, -0.15) is 5.09 Å². The van der Waals surface area contributed by atoms with Crippen LogP contribution in [0.2, 0.25) is 0 Å². The molecule has 3 rings (SSSR count). The smallest absolute Gasteiger partial charge is 0.459 e. The van der Waals surface area contributed by atoms with E-state index in [-0.39, 0.29) is 5.75 Å². The van der Waals surface area contributed by atoms with Gasteiger partial charge < -0.3 is 19.1 Å². The number of carbonyl (C=O) groups is 1. The summed E-state index contributed by atoms with van der Waals surface area (Å²) in [6.07, 6.45) is -4.21. The van der Waals surface area contributed by atoms with Gasteiger partial charge in [-0.25, -0.2) is 13.8 Å². The van der Waals surface area contributed by atoms with Crippen molar-refractivity contribution in [3.8, 4) is 5.75 Å². The Kier molecular flexibility index (Phi) is 8.52. The number of ether oxygens (including phenoxy) is 2. The van der Waals surface area contributed by atoms with Crippen molar-refractivity contribution in [2.45, 2.75) is 63.9 Å². The number of aromatic amines is 1. The number of esters is 1. The van der Waals surface area contributed by atoms with E-state index >= 15 is 4.39 Å². The van der Waals surface area contributed by atoms with Gasteiger partial charge in [-0.1, -0.05) is 18.2 Å². The van der Waals surface area contributed by atoms with Crippen LogP contribution in [0.4, 0.5) is 4.39 Å². The highest BCUT2D eigenvalue weighted by Crippen LogP contribution is 2.47. The first-order chi connectivity index (χ1) is 16.8. The van der Waals surface area contributed by atoms with Gasteiger partial charge in [0.1, 0.15) is 24.0 Å². The number of halogens is 1. The Hall–Kier alpha value is -2.83. The molecule has 0 spiro atoms. The number of para-hydroxylation sites is 1. The van der Waals surface area contributed by atoms with Crippen LogP contribution in [0.3, 0.4) is 0 Å². The SMILES string of the molecule is CC(C)OC(=O)[C@H](C)NP(=O)(OC[C@H]1O[C@@H](n2ccc(=O)[nH]c2=O)C(C)(F)C1O)Oc1ccccc1. The van der Waals surface area contributed by atoms with Gasteiger partial charge in [0.05, 0.1) is 12.7 Å². The van der Waals surface area contributed by atoms with Crippen molar-refractivity contribution in [3.63, 3.8) is 0 Å². The molecular formula is C22H29FN3O9P. The second kappa shape index (κ2) is 11.1. The number of aliphatic hydroxyl groups excluding tert-OH is 1. The van der Waals surface area contributed by atoms with Crippen LogP contribution in [0.5, 0.6) is 5.75 Å². The second-order valence-corrected chi connectivity index (χ2v) is 10.4. The van der Waals surface area contributed by atoms with E-state index in [1.54, 1.807) is 32.0 Å². The van der Waals surface area contributed by atoms with E-state index in [0.717, 1.165) is 23.8 Å². The molecule has 0 aliphatic carbocycles. The number of nitrogens with zero attached hydrogens (tertiary/aromatic N) is 1. The summed E-state index contributed by atoms with van der Waals surface area (Å²) < 4.78 is 51.4. The van der Waals surface area contributed by atoms with E-state index in [4.69, 9.17) is 18.5 Å². The molecule has 6 atom stereocenters. The third kappa shape index (κ3) is 6.48. The Bertz CT molecular complexity index is 1220. The van der Waals surface area contributed by atoms with Crippen LogP contribution in [-0.2, 0) is 23.4 Å². The molecule has 36 heavy (non-hydrogen) atoms. The lowest BCUT2D eigenvalue weighted by atomic mass is 9.98. The predicted octanol–water partition coefficient (Wildman–Crippen LogP) is 1.66. The number of hydrogen-bond acceptors (Lipinski definition) is 9. The van der Waals surface area contributed by atoms with E-state index in [1.807, 2.05) is 4.98 Å². The third-order valence-corrected chi connectivity index (χ3v) is 6.90. The molecule has 1 fully saturated rings. The zero-order valence-corrected chi connectivity index (χ0v) is 21.0. The summed E-state index contributed by atoms with van der Waals surface area (Å²) in [7, 11) is -4.30. The lowest BCUT2D eigenvalue weighted by Crippen LogP contribution is -2.43. The first-order valence-electron chi connectivity index (χ1n) is 11.1. The fourth-order valence-electron chi connectivity index (χ4n) is 3.47. The second-order valence-electron chi connectivity index (χ2n) is 8.67. The fraction of sp³-hybridized carbons (Fsp3) is 0.500. The molecule has 1 aromatic heterocycles. The minimum absolute atomic E-state index is 0.152. The van der Waals surface area contributed by atoms with Crippen molar-refractivity contribution in [2.24, 2.45) is 0 Å². The van der Waals surface area contributed by atoms with Gasteiger partial charge >= 0.3 is 19.4 Å². The molecule has 2 heterocycles. The van der Waals surface area contributed by atoms with Gasteiger partial charge in [0.15, 0.2) is 11.9 Å². The summed E-state index contributed by atoms with van der Waals surface area (Å²) in [5, 5.41) is 13.0. The van der Waals surface area contributed by atoms with Crippen LogP contribution in [0.25, 0.3) is 0 Å². The Labute approximate surface area is 205 Å². The van der Waals surface area contributed by atoms with Gasteiger partial charge in [-0.3, -0.25) is 23.7 Å². The average Bonchev–Trinajstić information content (AvgIpc) is 3.01. The molecule has 1 aromatic carbocycles. The van der Waals surface area contributed by atoms with Gasteiger partial charge in [0.2, 0.25) is 0 Å². The molecule has 14 heteroatoms.